The van der Waals surface area contributed by atoms with Gasteiger partial charge in [-0.2, -0.15) is 0 Å². The van der Waals surface area contributed by atoms with Crippen LogP contribution in [0, 0.1) is 0 Å². The van der Waals surface area contributed by atoms with E-state index in [-0.39, 0.29) is 24.3 Å². The summed E-state index contributed by atoms with van der Waals surface area (Å²) in [5, 5.41) is 3.82. The number of nitrogens with one attached hydrogen (secondary N) is 1. The maximum atomic E-state index is 11.8. The summed E-state index contributed by atoms with van der Waals surface area (Å²) in [5.41, 5.74) is 1.02. The molecular weight excluding hydrogens is 376 g/mol. The first-order valence-electron chi connectivity index (χ1n) is 8.61. The SMILES string of the molecule is COCCCN(C(=S)NCc1ccc2c(c1)OCO2)[C@@H]1CCS(=O)(=O)C1. The van der Waals surface area contributed by atoms with E-state index in [4.69, 9.17) is 26.4 Å². The van der Waals surface area contributed by atoms with Gasteiger partial charge in [-0.15, -0.1) is 0 Å². The first-order chi connectivity index (χ1) is 12.5. The Morgan fingerprint density at radius 2 is 2.19 bits per heavy atom. The van der Waals surface area contributed by atoms with Gasteiger partial charge in [0.2, 0.25) is 6.79 Å². The molecule has 7 nitrogen and oxygen atoms in total. The Labute approximate surface area is 159 Å². The highest BCUT2D eigenvalue weighted by Gasteiger charge is 2.33. The molecule has 1 aromatic rings. The lowest BCUT2D eigenvalue weighted by atomic mass is 10.2. The summed E-state index contributed by atoms with van der Waals surface area (Å²) in [6.07, 6.45) is 1.40. The van der Waals surface area contributed by atoms with E-state index < -0.39 is 9.84 Å². The van der Waals surface area contributed by atoms with Gasteiger partial charge in [-0.3, -0.25) is 0 Å². The second kappa shape index (κ2) is 8.41. The quantitative estimate of drug-likeness (QED) is 0.542. The molecule has 3 rings (SSSR count). The van der Waals surface area contributed by atoms with Crippen molar-refractivity contribution in [3.05, 3.63) is 23.8 Å². The van der Waals surface area contributed by atoms with E-state index in [1.165, 1.54) is 0 Å². The molecule has 9 heteroatoms. The van der Waals surface area contributed by atoms with Crippen LogP contribution in [0.2, 0.25) is 0 Å². The first-order valence-corrected chi connectivity index (χ1v) is 10.8. The topological polar surface area (TPSA) is 77.1 Å². The van der Waals surface area contributed by atoms with Crippen molar-refractivity contribution in [3.63, 3.8) is 0 Å². The summed E-state index contributed by atoms with van der Waals surface area (Å²) in [6.45, 7) is 2.06. The molecule has 0 aromatic heterocycles. The van der Waals surface area contributed by atoms with E-state index in [9.17, 15) is 8.42 Å². The van der Waals surface area contributed by atoms with Gasteiger partial charge in [0.25, 0.3) is 0 Å². The Bertz CT molecular complexity index is 754. The van der Waals surface area contributed by atoms with Crippen LogP contribution in [0.3, 0.4) is 0 Å². The monoisotopic (exact) mass is 400 g/mol. The highest BCUT2D eigenvalue weighted by atomic mass is 32.2. The molecule has 0 aliphatic carbocycles. The molecule has 2 heterocycles. The van der Waals surface area contributed by atoms with E-state index >= 15 is 0 Å². The lowest BCUT2D eigenvalue weighted by molar-refractivity contribution is 0.174. The molecule has 1 aromatic carbocycles. The summed E-state index contributed by atoms with van der Waals surface area (Å²) in [4.78, 5) is 1.99. The average molecular weight is 401 g/mol. The van der Waals surface area contributed by atoms with Crippen molar-refractivity contribution in [1.29, 1.82) is 0 Å². The number of hydrogen-bond donors (Lipinski definition) is 1. The second-order valence-corrected chi connectivity index (χ2v) is 9.06. The zero-order chi connectivity index (χ0) is 18.6. The predicted octanol–water partition coefficient (Wildman–Crippen LogP) is 1.32. The van der Waals surface area contributed by atoms with Gasteiger partial charge in [0.05, 0.1) is 11.5 Å². The largest absolute Gasteiger partial charge is 0.454 e. The van der Waals surface area contributed by atoms with Crippen molar-refractivity contribution >= 4 is 27.2 Å². The zero-order valence-corrected chi connectivity index (χ0v) is 16.4. The normalized spacial score (nSPS) is 20.1. The minimum Gasteiger partial charge on any atom is -0.454 e. The smallest absolute Gasteiger partial charge is 0.231 e. The van der Waals surface area contributed by atoms with E-state index in [0.29, 0.717) is 31.2 Å². The minimum atomic E-state index is -2.97. The Hall–Kier alpha value is -1.58. The number of fused-ring (bicyclic) bond motifs is 1. The molecule has 2 aliphatic heterocycles. The fraction of sp³-hybridized carbons (Fsp3) is 0.588. The van der Waals surface area contributed by atoms with Crippen molar-refractivity contribution in [2.45, 2.75) is 25.4 Å². The van der Waals surface area contributed by atoms with Crippen molar-refractivity contribution < 1.29 is 22.6 Å². The third-order valence-electron chi connectivity index (χ3n) is 4.54. The summed E-state index contributed by atoms with van der Waals surface area (Å²) < 4.78 is 39.5. The van der Waals surface area contributed by atoms with E-state index in [1.807, 2.05) is 23.1 Å². The Kier molecular flexibility index (Phi) is 6.20. The Balaban J connectivity index is 1.61. The molecule has 2 aliphatic rings. The minimum absolute atomic E-state index is 0.0754. The standard InChI is InChI=1S/C17H24N2O5S2/c1-22-7-2-6-19(14-5-8-26(20,21)11-14)17(25)18-10-13-3-4-15-16(9-13)24-12-23-15/h3-4,9,14H,2,5-8,10-12H2,1H3,(H,18,25)/t14-/m1/s1. The van der Waals surface area contributed by atoms with E-state index in [2.05, 4.69) is 5.32 Å². The van der Waals surface area contributed by atoms with Crippen LogP contribution in [-0.2, 0) is 21.1 Å². The summed E-state index contributed by atoms with van der Waals surface area (Å²) in [6, 6.07) is 5.68. The van der Waals surface area contributed by atoms with Crippen molar-refractivity contribution in [2.24, 2.45) is 0 Å². The number of sulfone groups is 1. The van der Waals surface area contributed by atoms with Crippen LogP contribution in [0.15, 0.2) is 18.2 Å². The fourth-order valence-electron chi connectivity index (χ4n) is 3.18. The number of thiocarbonyl (C=S) groups is 1. The van der Waals surface area contributed by atoms with Crippen molar-refractivity contribution in [2.75, 3.05) is 38.6 Å². The van der Waals surface area contributed by atoms with Crippen molar-refractivity contribution in [3.8, 4) is 11.5 Å². The summed E-state index contributed by atoms with van der Waals surface area (Å²) >= 11 is 5.56. The van der Waals surface area contributed by atoms with E-state index in [0.717, 1.165) is 23.5 Å². The van der Waals surface area contributed by atoms with Crippen LogP contribution < -0.4 is 14.8 Å². The van der Waals surface area contributed by atoms with Crippen LogP contribution in [0.1, 0.15) is 18.4 Å². The highest BCUT2D eigenvalue weighted by molar-refractivity contribution is 7.91. The summed E-state index contributed by atoms with van der Waals surface area (Å²) in [5.74, 6) is 1.86. The molecule has 0 saturated carbocycles. The molecule has 0 unspecified atom stereocenters. The van der Waals surface area contributed by atoms with Gasteiger partial charge in [0.15, 0.2) is 26.4 Å². The number of methoxy groups -OCH3 is 1. The molecule has 0 amide bonds. The molecule has 1 atom stereocenters. The van der Waals surface area contributed by atoms with Gasteiger partial charge in [-0.05, 0) is 42.8 Å². The number of rotatable bonds is 7. The molecule has 26 heavy (non-hydrogen) atoms. The molecule has 0 spiro atoms. The Morgan fingerprint density at radius 1 is 1.38 bits per heavy atom. The van der Waals surface area contributed by atoms with E-state index in [1.54, 1.807) is 7.11 Å². The zero-order valence-electron chi connectivity index (χ0n) is 14.8. The van der Waals surface area contributed by atoms with Crippen LogP contribution >= 0.6 is 12.2 Å². The van der Waals surface area contributed by atoms with Crippen LogP contribution in [0.25, 0.3) is 0 Å². The second-order valence-electron chi connectivity index (χ2n) is 6.44. The van der Waals surface area contributed by atoms with Gasteiger partial charge >= 0.3 is 0 Å². The maximum Gasteiger partial charge on any atom is 0.231 e. The molecule has 0 radical (unpaired) electrons. The first kappa shape index (κ1) is 19.2. The van der Waals surface area contributed by atoms with Crippen molar-refractivity contribution in [1.82, 2.24) is 10.2 Å². The lowest BCUT2D eigenvalue weighted by Crippen LogP contribution is -2.47. The lowest BCUT2D eigenvalue weighted by Gasteiger charge is -2.31. The van der Waals surface area contributed by atoms with Crippen LogP contribution in [0.5, 0.6) is 11.5 Å². The summed E-state index contributed by atoms with van der Waals surface area (Å²) in [7, 11) is -1.32. The molecule has 1 fully saturated rings. The van der Waals surface area contributed by atoms with Gasteiger partial charge in [0.1, 0.15) is 0 Å². The van der Waals surface area contributed by atoms with Crippen LogP contribution in [-0.4, -0.2) is 63.0 Å². The average Bonchev–Trinajstić information content (AvgIpc) is 3.22. The molecule has 0 bridgehead atoms. The number of ether oxygens (including phenoxy) is 3. The third kappa shape index (κ3) is 4.77. The molecule has 144 valence electrons. The molecule has 1 N–H and O–H groups in total. The molecular formula is C17H24N2O5S2. The van der Waals surface area contributed by atoms with Gasteiger partial charge in [-0.25, -0.2) is 8.42 Å². The van der Waals surface area contributed by atoms with Gasteiger partial charge in [0, 0.05) is 32.8 Å². The predicted molar refractivity (Wildman–Crippen MR) is 102 cm³/mol. The number of benzene rings is 1. The van der Waals surface area contributed by atoms with Gasteiger partial charge in [-0.1, -0.05) is 6.07 Å². The fourth-order valence-corrected chi connectivity index (χ4v) is 5.22. The number of nitrogens with zero attached hydrogens (tertiary/aromatic N) is 1. The number of hydrogen-bond acceptors (Lipinski definition) is 6. The highest BCUT2D eigenvalue weighted by Crippen LogP contribution is 2.32. The third-order valence-corrected chi connectivity index (χ3v) is 6.67. The maximum absolute atomic E-state index is 11.8. The van der Waals surface area contributed by atoms with Crippen LogP contribution in [0.4, 0.5) is 0 Å². The Morgan fingerprint density at radius 3 is 2.92 bits per heavy atom. The van der Waals surface area contributed by atoms with Gasteiger partial charge < -0.3 is 24.4 Å². The molecule has 1 saturated heterocycles.